The first-order chi connectivity index (χ1) is 9.05. The van der Waals surface area contributed by atoms with Crippen LogP contribution in [0.5, 0.6) is 0 Å². The topological polar surface area (TPSA) is 46.5 Å². The lowest BCUT2D eigenvalue weighted by molar-refractivity contribution is -0.138. The van der Waals surface area contributed by atoms with E-state index in [2.05, 4.69) is 18.2 Å². The molecule has 2 rings (SSSR count). The fourth-order valence-corrected chi connectivity index (χ4v) is 2.77. The SMILES string of the molecule is COC(C)(CCC(=O)O)c1ccc2c(c1)CCCC2. The molecule has 1 atom stereocenters. The molecule has 3 heteroatoms. The van der Waals surface area contributed by atoms with Gasteiger partial charge in [-0.15, -0.1) is 0 Å². The van der Waals surface area contributed by atoms with Crippen LogP contribution in [0.3, 0.4) is 0 Å². The van der Waals surface area contributed by atoms with Crippen LogP contribution in [0.2, 0.25) is 0 Å². The van der Waals surface area contributed by atoms with Crippen molar-refractivity contribution in [3.8, 4) is 0 Å². The van der Waals surface area contributed by atoms with Gasteiger partial charge in [0.15, 0.2) is 0 Å². The van der Waals surface area contributed by atoms with Crippen LogP contribution >= 0.6 is 0 Å². The first-order valence-electron chi connectivity index (χ1n) is 6.94. The van der Waals surface area contributed by atoms with Crippen molar-refractivity contribution in [2.75, 3.05) is 7.11 Å². The minimum atomic E-state index is -0.777. The predicted molar refractivity (Wildman–Crippen MR) is 74.3 cm³/mol. The van der Waals surface area contributed by atoms with Crippen molar-refractivity contribution in [2.45, 2.75) is 51.0 Å². The van der Waals surface area contributed by atoms with Crippen molar-refractivity contribution >= 4 is 5.97 Å². The number of carboxylic acid groups (broad SMARTS) is 1. The fraction of sp³-hybridized carbons (Fsp3) is 0.562. The van der Waals surface area contributed by atoms with Gasteiger partial charge in [0.25, 0.3) is 0 Å². The Morgan fingerprint density at radius 3 is 2.63 bits per heavy atom. The monoisotopic (exact) mass is 262 g/mol. The van der Waals surface area contributed by atoms with Crippen LogP contribution in [0.25, 0.3) is 0 Å². The summed E-state index contributed by atoms with van der Waals surface area (Å²) < 4.78 is 5.60. The molecule has 1 aromatic carbocycles. The van der Waals surface area contributed by atoms with E-state index in [9.17, 15) is 4.79 Å². The van der Waals surface area contributed by atoms with Crippen molar-refractivity contribution in [2.24, 2.45) is 0 Å². The standard InChI is InChI=1S/C16H22O3/c1-16(19-2,10-9-15(17)18)14-8-7-12-5-3-4-6-13(12)11-14/h7-8,11H,3-6,9-10H2,1-2H3,(H,17,18). The van der Waals surface area contributed by atoms with Crippen molar-refractivity contribution in [1.82, 2.24) is 0 Å². The number of benzene rings is 1. The van der Waals surface area contributed by atoms with Crippen molar-refractivity contribution < 1.29 is 14.6 Å². The molecule has 0 bridgehead atoms. The molecule has 3 nitrogen and oxygen atoms in total. The molecule has 1 aromatic rings. The third-order valence-electron chi connectivity index (χ3n) is 4.23. The third kappa shape index (κ3) is 3.16. The highest BCUT2D eigenvalue weighted by molar-refractivity contribution is 5.66. The van der Waals surface area contributed by atoms with E-state index >= 15 is 0 Å². The molecule has 104 valence electrons. The van der Waals surface area contributed by atoms with Crippen LogP contribution in [0.4, 0.5) is 0 Å². The maximum absolute atomic E-state index is 10.8. The zero-order valence-electron chi connectivity index (χ0n) is 11.7. The number of carbonyl (C=O) groups is 1. The minimum absolute atomic E-state index is 0.126. The maximum atomic E-state index is 10.8. The molecule has 1 aliphatic carbocycles. The van der Waals surface area contributed by atoms with E-state index in [-0.39, 0.29) is 6.42 Å². The highest BCUT2D eigenvalue weighted by Gasteiger charge is 2.28. The molecule has 0 saturated heterocycles. The normalized spacial score (nSPS) is 17.6. The number of aryl methyl sites for hydroxylation is 2. The predicted octanol–water partition coefficient (Wildman–Crippen LogP) is 3.29. The van der Waals surface area contributed by atoms with Crippen LogP contribution in [0.15, 0.2) is 18.2 Å². The summed E-state index contributed by atoms with van der Waals surface area (Å²) in [6.07, 6.45) is 5.43. The first-order valence-corrected chi connectivity index (χ1v) is 6.94. The Morgan fingerprint density at radius 2 is 2.00 bits per heavy atom. The zero-order valence-corrected chi connectivity index (χ0v) is 11.7. The number of carboxylic acids is 1. The van der Waals surface area contributed by atoms with E-state index in [1.807, 2.05) is 6.92 Å². The summed E-state index contributed by atoms with van der Waals surface area (Å²) in [6, 6.07) is 6.48. The summed E-state index contributed by atoms with van der Waals surface area (Å²) in [7, 11) is 1.65. The Labute approximate surface area is 114 Å². The van der Waals surface area contributed by atoms with E-state index in [1.165, 1.54) is 24.0 Å². The second-order valence-corrected chi connectivity index (χ2v) is 5.52. The highest BCUT2D eigenvalue weighted by Crippen LogP contribution is 2.33. The summed E-state index contributed by atoms with van der Waals surface area (Å²) in [5.41, 5.74) is 3.43. The van der Waals surface area contributed by atoms with Gasteiger partial charge in [0, 0.05) is 13.5 Å². The fourth-order valence-electron chi connectivity index (χ4n) is 2.77. The van der Waals surface area contributed by atoms with E-state index < -0.39 is 11.6 Å². The van der Waals surface area contributed by atoms with Gasteiger partial charge in [0.05, 0.1) is 5.60 Å². The van der Waals surface area contributed by atoms with Crippen molar-refractivity contribution in [3.05, 3.63) is 34.9 Å². The van der Waals surface area contributed by atoms with Crippen LogP contribution in [-0.2, 0) is 28.0 Å². The van der Waals surface area contributed by atoms with Gasteiger partial charge >= 0.3 is 5.97 Å². The van der Waals surface area contributed by atoms with Crippen molar-refractivity contribution in [3.63, 3.8) is 0 Å². The number of methoxy groups -OCH3 is 1. The minimum Gasteiger partial charge on any atom is -0.481 e. The summed E-state index contributed by atoms with van der Waals surface area (Å²) >= 11 is 0. The van der Waals surface area contributed by atoms with E-state index in [0.717, 1.165) is 18.4 Å². The molecule has 0 aliphatic heterocycles. The molecule has 1 N–H and O–H groups in total. The van der Waals surface area contributed by atoms with Gasteiger partial charge < -0.3 is 9.84 Å². The lowest BCUT2D eigenvalue weighted by Crippen LogP contribution is -2.26. The summed E-state index contributed by atoms with van der Waals surface area (Å²) in [4.78, 5) is 10.8. The Bertz CT molecular complexity index is 467. The molecule has 0 amide bonds. The van der Waals surface area contributed by atoms with Crippen LogP contribution < -0.4 is 0 Å². The molecular weight excluding hydrogens is 240 g/mol. The van der Waals surface area contributed by atoms with Gasteiger partial charge in [-0.1, -0.05) is 18.2 Å². The Balaban J connectivity index is 2.24. The Hall–Kier alpha value is -1.35. The second kappa shape index (κ2) is 5.74. The Kier molecular flexibility index (Phi) is 4.25. The van der Waals surface area contributed by atoms with Crippen LogP contribution in [0.1, 0.15) is 49.3 Å². The molecule has 0 aromatic heterocycles. The lowest BCUT2D eigenvalue weighted by atomic mass is 9.84. The molecule has 0 spiro atoms. The molecule has 0 saturated carbocycles. The molecule has 1 aliphatic rings. The van der Waals surface area contributed by atoms with Gasteiger partial charge in [0.1, 0.15) is 0 Å². The van der Waals surface area contributed by atoms with Gasteiger partial charge in [-0.2, -0.15) is 0 Å². The molecule has 0 fully saturated rings. The summed E-state index contributed by atoms with van der Waals surface area (Å²) in [5.74, 6) is -0.777. The quantitative estimate of drug-likeness (QED) is 0.885. The first kappa shape index (κ1) is 14.1. The molecule has 19 heavy (non-hydrogen) atoms. The average molecular weight is 262 g/mol. The molecule has 0 heterocycles. The smallest absolute Gasteiger partial charge is 0.303 e. The van der Waals surface area contributed by atoms with Gasteiger partial charge in [-0.25, -0.2) is 0 Å². The summed E-state index contributed by atoms with van der Waals surface area (Å²) in [6.45, 7) is 1.97. The highest BCUT2D eigenvalue weighted by atomic mass is 16.5. The third-order valence-corrected chi connectivity index (χ3v) is 4.23. The van der Waals surface area contributed by atoms with Gasteiger partial charge in [-0.3, -0.25) is 4.79 Å². The maximum Gasteiger partial charge on any atom is 0.303 e. The van der Waals surface area contributed by atoms with Gasteiger partial charge in [0.2, 0.25) is 0 Å². The largest absolute Gasteiger partial charge is 0.481 e. The molecule has 1 unspecified atom stereocenters. The molecule has 0 radical (unpaired) electrons. The van der Waals surface area contributed by atoms with Crippen molar-refractivity contribution in [1.29, 1.82) is 0 Å². The molecular formula is C16H22O3. The number of aliphatic carboxylic acids is 1. The second-order valence-electron chi connectivity index (χ2n) is 5.52. The van der Waals surface area contributed by atoms with Gasteiger partial charge in [-0.05, 0) is 55.7 Å². The number of hydrogen-bond donors (Lipinski definition) is 1. The van der Waals surface area contributed by atoms with E-state index in [4.69, 9.17) is 9.84 Å². The van der Waals surface area contributed by atoms with E-state index in [1.54, 1.807) is 7.11 Å². The lowest BCUT2D eigenvalue weighted by Gasteiger charge is -2.30. The summed E-state index contributed by atoms with van der Waals surface area (Å²) in [5, 5.41) is 8.86. The Morgan fingerprint density at radius 1 is 1.32 bits per heavy atom. The number of hydrogen-bond acceptors (Lipinski definition) is 2. The number of rotatable bonds is 5. The zero-order chi connectivity index (χ0) is 13.9. The van der Waals surface area contributed by atoms with Crippen LogP contribution in [0, 0.1) is 0 Å². The van der Waals surface area contributed by atoms with E-state index in [0.29, 0.717) is 6.42 Å². The number of ether oxygens (including phenoxy) is 1. The number of fused-ring (bicyclic) bond motifs is 1. The van der Waals surface area contributed by atoms with Crippen LogP contribution in [-0.4, -0.2) is 18.2 Å². The average Bonchev–Trinajstić information content (AvgIpc) is 2.44.